The molecular formula is C17H17BrFN3O2S. The predicted molar refractivity (Wildman–Crippen MR) is 99.3 cm³/mol. The lowest BCUT2D eigenvalue weighted by atomic mass is 10.1. The van der Waals surface area contributed by atoms with Gasteiger partial charge in [-0.3, -0.25) is 4.98 Å². The number of sulfonamides is 1. The fraction of sp³-hybridized carbons (Fsp3) is 0.235. The molecule has 3 aromatic rings. The second kappa shape index (κ2) is 6.19. The van der Waals surface area contributed by atoms with Crippen molar-refractivity contribution in [1.29, 1.82) is 0 Å². The summed E-state index contributed by atoms with van der Waals surface area (Å²) in [7, 11) is -3.63. The Morgan fingerprint density at radius 2 is 1.92 bits per heavy atom. The van der Waals surface area contributed by atoms with Gasteiger partial charge in [0, 0.05) is 22.6 Å². The van der Waals surface area contributed by atoms with Crippen molar-refractivity contribution in [3.05, 3.63) is 46.8 Å². The standard InChI is InChI=1S/C17H17BrFN3O2S/c1-17(2,3)22-25(23,24)11-4-5-14(20-9-11)16-7-10-6-13(19)12(18)8-15(10)21-16/h4-9,21-22H,1-3H3. The molecule has 0 saturated carbocycles. The highest BCUT2D eigenvalue weighted by molar-refractivity contribution is 9.10. The van der Waals surface area contributed by atoms with E-state index in [4.69, 9.17) is 0 Å². The van der Waals surface area contributed by atoms with Gasteiger partial charge in [-0.15, -0.1) is 0 Å². The highest BCUT2D eigenvalue weighted by Gasteiger charge is 2.22. The molecule has 2 aromatic heterocycles. The number of nitrogens with one attached hydrogen (secondary N) is 2. The van der Waals surface area contributed by atoms with E-state index in [9.17, 15) is 12.8 Å². The van der Waals surface area contributed by atoms with Gasteiger partial charge in [0.25, 0.3) is 0 Å². The molecule has 0 atom stereocenters. The van der Waals surface area contributed by atoms with Crippen LogP contribution in [0.25, 0.3) is 22.3 Å². The van der Waals surface area contributed by atoms with E-state index in [1.54, 1.807) is 39.0 Å². The van der Waals surface area contributed by atoms with Crippen molar-refractivity contribution in [1.82, 2.24) is 14.7 Å². The van der Waals surface area contributed by atoms with E-state index in [-0.39, 0.29) is 10.7 Å². The van der Waals surface area contributed by atoms with Crippen molar-refractivity contribution in [2.45, 2.75) is 31.2 Å². The van der Waals surface area contributed by atoms with Crippen molar-refractivity contribution in [3.63, 3.8) is 0 Å². The van der Waals surface area contributed by atoms with Crippen LogP contribution in [0.3, 0.4) is 0 Å². The van der Waals surface area contributed by atoms with Crippen LogP contribution in [0.5, 0.6) is 0 Å². The predicted octanol–water partition coefficient (Wildman–Crippen LogP) is 4.21. The molecule has 25 heavy (non-hydrogen) atoms. The van der Waals surface area contributed by atoms with Gasteiger partial charge >= 0.3 is 0 Å². The number of hydrogen-bond donors (Lipinski definition) is 2. The van der Waals surface area contributed by atoms with Crippen LogP contribution in [0.1, 0.15) is 20.8 Å². The van der Waals surface area contributed by atoms with E-state index in [2.05, 4.69) is 30.6 Å². The van der Waals surface area contributed by atoms with Crippen molar-refractivity contribution >= 4 is 36.9 Å². The first-order valence-corrected chi connectivity index (χ1v) is 9.81. The van der Waals surface area contributed by atoms with Gasteiger partial charge in [-0.05, 0) is 67.0 Å². The Labute approximate surface area is 153 Å². The van der Waals surface area contributed by atoms with Crippen LogP contribution >= 0.6 is 15.9 Å². The lowest BCUT2D eigenvalue weighted by molar-refractivity contribution is 0.491. The maximum absolute atomic E-state index is 13.6. The normalized spacial score (nSPS) is 12.7. The first kappa shape index (κ1) is 18.0. The molecule has 0 unspecified atom stereocenters. The van der Waals surface area contributed by atoms with Crippen LogP contribution in [0, 0.1) is 5.82 Å². The summed E-state index contributed by atoms with van der Waals surface area (Å²) < 4.78 is 41.2. The van der Waals surface area contributed by atoms with Crippen molar-refractivity contribution < 1.29 is 12.8 Å². The summed E-state index contributed by atoms with van der Waals surface area (Å²) in [6.45, 7) is 5.32. The topological polar surface area (TPSA) is 74.8 Å². The summed E-state index contributed by atoms with van der Waals surface area (Å²) in [4.78, 5) is 7.48. The number of H-pyrrole nitrogens is 1. The Balaban J connectivity index is 1.95. The number of pyridine rings is 1. The molecule has 2 heterocycles. The third-order valence-electron chi connectivity index (χ3n) is 3.42. The number of nitrogens with zero attached hydrogens (tertiary/aromatic N) is 1. The molecule has 0 radical (unpaired) electrons. The van der Waals surface area contributed by atoms with Crippen molar-refractivity contribution in [2.75, 3.05) is 0 Å². The molecule has 0 amide bonds. The molecule has 0 fully saturated rings. The fourth-order valence-electron chi connectivity index (χ4n) is 2.43. The maximum Gasteiger partial charge on any atom is 0.242 e. The first-order chi connectivity index (χ1) is 11.5. The van der Waals surface area contributed by atoms with Crippen molar-refractivity contribution in [3.8, 4) is 11.4 Å². The second-order valence-electron chi connectivity index (χ2n) is 6.77. The number of halogens is 2. The summed E-state index contributed by atoms with van der Waals surface area (Å²) in [5, 5.41) is 0.712. The van der Waals surface area contributed by atoms with Crippen LogP contribution in [0.2, 0.25) is 0 Å². The SMILES string of the molecule is CC(C)(C)NS(=O)(=O)c1ccc(-c2cc3cc(F)c(Br)cc3[nH]2)nc1. The Morgan fingerprint density at radius 1 is 1.20 bits per heavy atom. The summed E-state index contributed by atoms with van der Waals surface area (Å²) >= 11 is 3.15. The van der Waals surface area contributed by atoms with E-state index in [1.807, 2.05) is 0 Å². The molecule has 0 aliphatic carbocycles. The average Bonchev–Trinajstić information content (AvgIpc) is 2.88. The van der Waals surface area contributed by atoms with Gasteiger partial charge in [0.1, 0.15) is 10.7 Å². The monoisotopic (exact) mass is 425 g/mol. The molecule has 0 aliphatic rings. The van der Waals surface area contributed by atoms with Gasteiger partial charge < -0.3 is 4.98 Å². The van der Waals surface area contributed by atoms with Gasteiger partial charge in [-0.1, -0.05) is 0 Å². The summed E-state index contributed by atoms with van der Waals surface area (Å²) in [5.41, 5.74) is 1.44. The number of hydrogen-bond acceptors (Lipinski definition) is 3. The van der Waals surface area contributed by atoms with Gasteiger partial charge in [-0.2, -0.15) is 0 Å². The zero-order chi connectivity index (χ0) is 18.4. The van der Waals surface area contributed by atoms with E-state index in [0.717, 1.165) is 5.52 Å². The van der Waals surface area contributed by atoms with Crippen LogP contribution in [0.4, 0.5) is 4.39 Å². The largest absolute Gasteiger partial charge is 0.353 e. The number of rotatable bonds is 3. The minimum Gasteiger partial charge on any atom is -0.353 e. The smallest absolute Gasteiger partial charge is 0.242 e. The Hall–Kier alpha value is -1.77. The zero-order valence-electron chi connectivity index (χ0n) is 13.9. The molecule has 0 saturated heterocycles. The molecular weight excluding hydrogens is 409 g/mol. The average molecular weight is 426 g/mol. The van der Waals surface area contributed by atoms with Gasteiger partial charge in [-0.25, -0.2) is 17.5 Å². The number of aromatic nitrogens is 2. The van der Waals surface area contributed by atoms with E-state index < -0.39 is 15.6 Å². The van der Waals surface area contributed by atoms with E-state index in [0.29, 0.717) is 21.2 Å². The van der Waals surface area contributed by atoms with Crippen LogP contribution in [0.15, 0.2) is 45.9 Å². The van der Waals surface area contributed by atoms with Crippen LogP contribution in [-0.4, -0.2) is 23.9 Å². The molecule has 8 heteroatoms. The fourth-order valence-corrected chi connectivity index (χ4v) is 4.13. The van der Waals surface area contributed by atoms with Gasteiger partial charge in [0.05, 0.1) is 15.9 Å². The summed E-state index contributed by atoms with van der Waals surface area (Å²) in [6, 6.07) is 7.96. The molecule has 0 spiro atoms. The quantitative estimate of drug-likeness (QED) is 0.659. The lowest BCUT2D eigenvalue weighted by Crippen LogP contribution is -2.40. The highest BCUT2D eigenvalue weighted by atomic mass is 79.9. The Bertz CT molecular complexity index is 999. The minimum atomic E-state index is -3.63. The number of fused-ring (bicyclic) bond motifs is 1. The highest BCUT2D eigenvalue weighted by Crippen LogP contribution is 2.27. The third-order valence-corrected chi connectivity index (χ3v) is 5.78. The van der Waals surface area contributed by atoms with E-state index >= 15 is 0 Å². The molecule has 0 bridgehead atoms. The maximum atomic E-state index is 13.6. The van der Waals surface area contributed by atoms with Crippen LogP contribution in [-0.2, 0) is 10.0 Å². The Morgan fingerprint density at radius 3 is 2.52 bits per heavy atom. The van der Waals surface area contributed by atoms with Gasteiger partial charge in [0.15, 0.2) is 0 Å². The summed E-state index contributed by atoms with van der Waals surface area (Å²) in [5.74, 6) is -0.347. The third kappa shape index (κ3) is 3.91. The molecule has 2 N–H and O–H groups in total. The van der Waals surface area contributed by atoms with Gasteiger partial charge in [0.2, 0.25) is 10.0 Å². The number of benzene rings is 1. The first-order valence-electron chi connectivity index (χ1n) is 7.53. The zero-order valence-corrected chi connectivity index (χ0v) is 16.3. The Kier molecular flexibility index (Phi) is 4.47. The lowest BCUT2D eigenvalue weighted by Gasteiger charge is -2.20. The van der Waals surface area contributed by atoms with E-state index in [1.165, 1.54) is 18.3 Å². The van der Waals surface area contributed by atoms with Crippen LogP contribution < -0.4 is 4.72 Å². The molecule has 0 aliphatic heterocycles. The second-order valence-corrected chi connectivity index (χ2v) is 9.31. The molecule has 1 aromatic carbocycles. The number of aromatic amines is 1. The molecule has 3 rings (SSSR count). The molecule has 5 nitrogen and oxygen atoms in total. The molecule has 132 valence electrons. The van der Waals surface area contributed by atoms with Crippen molar-refractivity contribution in [2.24, 2.45) is 0 Å². The minimum absolute atomic E-state index is 0.0936. The summed E-state index contributed by atoms with van der Waals surface area (Å²) in [6.07, 6.45) is 1.31.